The van der Waals surface area contributed by atoms with Gasteiger partial charge in [0.2, 0.25) is 0 Å². The third-order valence-corrected chi connectivity index (χ3v) is 5.21. The van der Waals surface area contributed by atoms with E-state index < -0.39 is 17.4 Å². The lowest BCUT2D eigenvalue weighted by atomic mass is 9.98. The molecule has 0 radical (unpaired) electrons. The Balaban J connectivity index is 1.66. The van der Waals surface area contributed by atoms with Gasteiger partial charge in [-0.15, -0.1) is 11.3 Å². The normalized spacial score (nSPS) is 13.0. The van der Waals surface area contributed by atoms with Crippen LogP contribution in [0.15, 0.2) is 64.6 Å². The average Bonchev–Trinajstić information content (AvgIpc) is 3.40. The van der Waals surface area contributed by atoms with E-state index in [1.165, 1.54) is 17.6 Å². The highest BCUT2D eigenvalue weighted by Gasteiger charge is 2.36. The maximum Gasteiger partial charge on any atom is 0.313 e. The Morgan fingerprint density at radius 3 is 2.48 bits per heavy atom. The van der Waals surface area contributed by atoms with Crippen LogP contribution in [0.25, 0.3) is 0 Å². The number of hydrogen-bond donors (Lipinski definition) is 3. The summed E-state index contributed by atoms with van der Waals surface area (Å²) in [4.78, 5) is 24.9. The number of rotatable bonds is 6. The van der Waals surface area contributed by atoms with Crippen molar-refractivity contribution in [1.82, 2.24) is 5.32 Å². The number of carbonyl (C=O) groups excluding carboxylic acids is 2. The van der Waals surface area contributed by atoms with Gasteiger partial charge in [-0.3, -0.25) is 9.59 Å². The predicted molar refractivity (Wildman–Crippen MR) is 103 cm³/mol. The zero-order valence-corrected chi connectivity index (χ0v) is 15.6. The van der Waals surface area contributed by atoms with Crippen molar-refractivity contribution in [2.75, 3.05) is 11.9 Å². The second-order valence-electron chi connectivity index (χ2n) is 6.00. The minimum atomic E-state index is -1.55. The smallest absolute Gasteiger partial charge is 0.313 e. The fourth-order valence-electron chi connectivity index (χ4n) is 2.62. The van der Waals surface area contributed by atoms with Gasteiger partial charge in [-0.1, -0.05) is 25.1 Å². The molecule has 1 aromatic carbocycles. The lowest BCUT2D eigenvalue weighted by molar-refractivity contribution is -0.136. The van der Waals surface area contributed by atoms with E-state index in [9.17, 15) is 14.7 Å². The zero-order valence-electron chi connectivity index (χ0n) is 14.8. The van der Waals surface area contributed by atoms with Crippen molar-refractivity contribution in [3.8, 4) is 0 Å². The summed E-state index contributed by atoms with van der Waals surface area (Å²) in [6.07, 6.45) is 2.34. The number of nitrogens with one attached hydrogen (secondary N) is 2. The molecule has 3 aromatic rings. The fraction of sp³-hybridized carbons (Fsp3) is 0.200. The summed E-state index contributed by atoms with van der Waals surface area (Å²) in [7, 11) is 0. The standard InChI is InChI=1S/C20H20N2O4S/c1-2-14-7-9-15(10-8-14)22-19(24)18(23)21-13-20(25,16-5-3-11-26-16)17-6-4-12-27-17/h3-12,25H,2,13H2,1H3,(H,21,23)(H,22,24). The molecule has 0 fully saturated rings. The molecule has 6 nitrogen and oxygen atoms in total. The lowest BCUT2D eigenvalue weighted by Crippen LogP contribution is -2.44. The van der Waals surface area contributed by atoms with Gasteiger partial charge in [-0.05, 0) is 47.7 Å². The number of furan rings is 1. The summed E-state index contributed by atoms with van der Waals surface area (Å²) in [5.41, 5.74) is 0.125. The van der Waals surface area contributed by atoms with Crippen LogP contribution in [0.2, 0.25) is 0 Å². The first-order chi connectivity index (χ1) is 13.0. The van der Waals surface area contributed by atoms with Crippen LogP contribution in [-0.4, -0.2) is 23.5 Å². The quantitative estimate of drug-likeness (QED) is 0.570. The molecule has 3 rings (SSSR count). The maximum absolute atomic E-state index is 12.2. The summed E-state index contributed by atoms with van der Waals surface area (Å²) in [5.74, 6) is -1.34. The van der Waals surface area contributed by atoms with Crippen LogP contribution >= 0.6 is 11.3 Å². The largest absolute Gasteiger partial charge is 0.466 e. The van der Waals surface area contributed by atoms with Crippen LogP contribution in [0.5, 0.6) is 0 Å². The highest BCUT2D eigenvalue weighted by molar-refractivity contribution is 7.10. The number of amides is 2. The molecule has 0 saturated carbocycles. The van der Waals surface area contributed by atoms with Gasteiger partial charge in [0.15, 0.2) is 5.60 Å². The Kier molecular flexibility index (Phi) is 5.73. The van der Waals surface area contributed by atoms with Crippen LogP contribution in [0.3, 0.4) is 0 Å². The van der Waals surface area contributed by atoms with Crippen molar-refractivity contribution in [1.29, 1.82) is 0 Å². The molecule has 7 heteroatoms. The summed E-state index contributed by atoms with van der Waals surface area (Å²) in [6, 6.07) is 14.1. The van der Waals surface area contributed by atoms with E-state index in [4.69, 9.17) is 4.42 Å². The first-order valence-corrected chi connectivity index (χ1v) is 9.39. The Bertz CT molecular complexity index is 852. The molecule has 2 heterocycles. The van der Waals surface area contributed by atoms with E-state index in [2.05, 4.69) is 10.6 Å². The minimum Gasteiger partial charge on any atom is -0.466 e. The van der Waals surface area contributed by atoms with E-state index in [0.29, 0.717) is 16.3 Å². The average molecular weight is 384 g/mol. The summed E-state index contributed by atoms with van der Waals surface area (Å²) in [5, 5.41) is 17.9. The van der Waals surface area contributed by atoms with Gasteiger partial charge < -0.3 is 20.2 Å². The van der Waals surface area contributed by atoms with E-state index in [1.54, 1.807) is 36.4 Å². The first-order valence-electron chi connectivity index (χ1n) is 8.51. The molecule has 140 valence electrons. The predicted octanol–water partition coefficient (Wildman–Crippen LogP) is 2.89. The number of carbonyl (C=O) groups is 2. The molecule has 2 amide bonds. The molecular formula is C20H20N2O4S. The van der Waals surface area contributed by atoms with Gasteiger partial charge in [-0.2, -0.15) is 0 Å². The number of benzene rings is 1. The molecule has 0 bridgehead atoms. The Hall–Kier alpha value is -2.90. The number of thiophene rings is 1. The van der Waals surface area contributed by atoms with Crippen molar-refractivity contribution in [3.05, 3.63) is 76.4 Å². The van der Waals surface area contributed by atoms with Crippen LogP contribution < -0.4 is 10.6 Å². The lowest BCUT2D eigenvalue weighted by Gasteiger charge is -2.25. The van der Waals surface area contributed by atoms with Gasteiger partial charge in [0.1, 0.15) is 5.76 Å². The Labute approximate surface area is 160 Å². The molecule has 0 aliphatic heterocycles. The minimum absolute atomic E-state index is 0.192. The molecule has 0 aliphatic rings. The maximum atomic E-state index is 12.2. The van der Waals surface area contributed by atoms with E-state index in [0.717, 1.165) is 12.0 Å². The third kappa shape index (κ3) is 4.27. The molecule has 0 spiro atoms. The second kappa shape index (κ2) is 8.20. The second-order valence-corrected chi connectivity index (χ2v) is 6.95. The van der Waals surface area contributed by atoms with Crippen molar-refractivity contribution >= 4 is 28.8 Å². The molecule has 0 saturated heterocycles. The van der Waals surface area contributed by atoms with Gasteiger partial charge in [-0.25, -0.2) is 0 Å². The van der Waals surface area contributed by atoms with E-state index in [1.807, 2.05) is 24.4 Å². The molecule has 0 aliphatic carbocycles. The number of anilines is 1. The molecular weight excluding hydrogens is 364 g/mol. The third-order valence-electron chi connectivity index (χ3n) is 4.19. The zero-order chi connectivity index (χ0) is 19.3. The number of hydrogen-bond acceptors (Lipinski definition) is 5. The topological polar surface area (TPSA) is 91.6 Å². The van der Waals surface area contributed by atoms with Crippen molar-refractivity contribution in [3.63, 3.8) is 0 Å². The molecule has 2 aromatic heterocycles. The monoisotopic (exact) mass is 384 g/mol. The molecule has 3 N–H and O–H groups in total. The number of aliphatic hydroxyl groups is 1. The molecule has 27 heavy (non-hydrogen) atoms. The molecule has 1 atom stereocenters. The first kappa shape index (κ1) is 18.9. The Morgan fingerprint density at radius 1 is 1.11 bits per heavy atom. The number of aryl methyl sites for hydroxylation is 1. The fourth-order valence-corrected chi connectivity index (χ4v) is 3.45. The van der Waals surface area contributed by atoms with Gasteiger partial charge in [0, 0.05) is 10.6 Å². The van der Waals surface area contributed by atoms with Crippen molar-refractivity contribution in [2.24, 2.45) is 0 Å². The van der Waals surface area contributed by atoms with E-state index >= 15 is 0 Å². The highest BCUT2D eigenvalue weighted by Crippen LogP contribution is 2.32. The Morgan fingerprint density at radius 2 is 1.89 bits per heavy atom. The highest BCUT2D eigenvalue weighted by atomic mass is 32.1. The van der Waals surface area contributed by atoms with Gasteiger partial charge >= 0.3 is 11.8 Å². The van der Waals surface area contributed by atoms with E-state index in [-0.39, 0.29) is 6.54 Å². The van der Waals surface area contributed by atoms with Crippen LogP contribution in [0.1, 0.15) is 23.1 Å². The van der Waals surface area contributed by atoms with Gasteiger partial charge in [0.25, 0.3) is 0 Å². The van der Waals surface area contributed by atoms with Crippen LogP contribution in [0, 0.1) is 0 Å². The van der Waals surface area contributed by atoms with Crippen LogP contribution in [-0.2, 0) is 21.6 Å². The SMILES string of the molecule is CCc1ccc(NC(=O)C(=O)NCC(O)(c2ccco2)c2cccs2)cc1. The summed E-state index contributed by atoms with van der Waals surface area (Å²) in [6.45, 7) is 1.84. The van der Waals surface area contributed by atoms with Crippen molar-refractivity contribution < 1.29 is 19.1 Å². The van der Waals surface area contributed by atoms with Gasteiger partial charge in [0.05, 0.1) is 12.8 Å². The van der Waals surface area contributed by atoms with Crippen molar-refractivity contribution in [2.45, 2.75) is 18.9 Å². The van der Waals surface area contributed by atoms with Crippen LogP contribution in [0.4, 0.5) is 5.69 Å². The molecule has 1 unspecified atom stereocenters. The summed E-state index contributed by atoms with van der Waals surface area (Å²) >= 11 is 1.33. The summed E-state index contributed by atoms with van der Waals surface area (Å²) < 4.78 is 5.34.